The minimum atomic E-state index is -0.267. The number of piperazine rings is 2. The van der Waals surface area contributed by atoms with Gasteiger partial charge in [0.25, 0.3) is 5.91 Å². The quantitative estimate of drug-likeness (QED) is 0.410. The molecule has 2 aliphatic rings. The van der Waals surface area contributed by atoms with Crippen LogP contribution in [0.25, 0.3) is 0 Å². The fourth-order valence-electron chi connectivity index (χ4n) is 2.32. The molecule has 2 amide bonds. The fourth-order valence-corrected chi connectivity index (χ4v) is 2.32. The van der Waals surface area contributed by atoms with E-state index < -0.39 is 0 Å². The highest BCUT2D eigenvalue weighted by Gasteiger charge is 2.28. The average Bonchev–Trinajstić information content (AvgIpc) is 2.35. The Morgan fingerprint density at radius 3 is 2.94 bits per heavy atom. The van der Waals surface area contributed by atoms with Gasteiger partial charge in [-0.05, 0) is 0 Å². The summed E-state index contributed by atoms with van der Waals surface area (Å²) >= 11 is 0. The Kier molecular flexibility index (Phi) is 4.51. The molecule has 2 saturated heterocycles. The molecule has 0 bridgehead atoms. The van der Waals surface area contributed by atoms with Crippen LogP contribution in [-0.4, -0.2) is 69.2 Å². The van der Waals surface area contributed by atoms with Gasteiger partial charge in [0.05, 0.1) is 52.7 Å². The van der Waals surface area contributed by atoms with Gasteiger partial charge in [-0.25, -0.2) is 5.01 Å². The van der Waals surface area contributed by atoms with E-state index in [-0.39, 0.29) is 24.3 Å². The van der Waals surface area contributed by atoms with Crippen LogP contribution in [0.15, 0.2) is 0 Å². The molecule has 7 heteroatoms. The van der Waals surface area contributed by atoms with Crippen molar-refractivity contribution in [1.29, 1.82) is 0 Å². The first-order chi connectivity index (χ1) is 8.65. The van der Waals surface area contributed by atoms with Gasteiger partial charge >= 0.3 is 0 Å². The van der Waals surface area contributed by atoms with E-state index in [0.717, 1.165) is 32.7 Å². The maximum absolute atomic E-state index is 11.8. The van der Waals surface area contributed by atoms with Crippen LogP contribution in [0.4, 0.5) is 0 Å². The van der Waals surface area contributed by atoms with E-state index >= 15 is 0 Å². The molecule has 18 heavy (non-hydrogen) atoms. The summed E-state index contributed by atoms with van der Waals surface area (Å²) in [5.74, 6) is -0.0907. The summed E-state index contributed by atoms with van der Waals surface area (Å²) in [5, 5.41) is 6.67. The van der Waals surface area contributed by atoms with Gasteiger partial charge in [-0.3, -0.25) is 15.0 Å². The molecule has 0 aromatic carbocycles. The Bertz CT molecular complexity index is 315. The number of hydrazine groups is 1. The number of rotatable bonds is 3. The second kappa shape index (κ2) is 6.12. The molecule has 2 rings (SSSR count). The second-order valence-corrected chi connectivity index (χ2v) is 5.11. The Balaban J connectivity index is 1.73. The molecule has 2 aliphatic heterocycles. The predicted octanol–water partition coefficient (Wildman–Crippen LogP) is -4.70. The van der Waals surface area contributed by atoms with Crippen LogP contribution >= 0.6 is 0 Å². The van der Waals surface area contributed by atoms with E-state index in [9.17, 15) is 9.59 Å². The first kappa shape index (κ1) is 13.3. The molecule has 0 radical (unpaired) electrons. The van der Waals surface area contributed by atoms with E-state index in [4.69, 9.17) is 0 Å². The number of carbonyl (C=O) groups is 2. The molecule has 2 heterocycles. The summed E-state index contributed by atoms with van der Waals surface area (Å²) in [4.78, 5) is 24.9. The van der Waals surface area contributed by atoms with Crippen molar-refractivity contribution in [3.63, 3.8) is 0 Å². The maximum Gasteiger partial charge on any atom is 0.279 e. The molecule has 7 nitrogen and oxygen atoms in total. The maximum atomic E-state index is 11.8. The van der Waals surface area contributed by atoms with Crippen LogP contribution in [0.3, 0.4) is 0 Å². The summed E-state index contributed by atoms with van der Waals surface area (Å²) in [7, 11) is 2.15. The number of likely N-dealkylation sites (N-methyl/N-ethyl adjacent to an activating group) is 1. The Morgan fingerprint density at radius 1 is 1.56 bits per heavy atom. The summed E-state index contributed by atoms with van der Waals surface area (Å²) in [5.41, 5.74) is 2.89. The molecule has 1 atom stereocenters. The van der Waals surface area contributed by atoms with E-state index in [2.05, 4.69) is 17.8 Å². The van der Waals surface area contributed by atoms with E-state index in [0.29, 0.717) is 6.54 Å². The number of nitrogens with one attached hydrogen (secondary N) is 3. The molecule has 102 valence electrons. The van der Waals surface area contributed by atoms with Gasteiger partial charge in [-0.15, -0.1) is 0 Å². The lowest BCUT2D eigenvalue weighted by Gasteiger charge is -2.30. The predicted molar refractivity (Wildman–Crippen MR) is 64.5 cm³/mol. The van der Waals surface area contributed by atoms with Crippen LogP contribution in [-0.2, 0) is 9.59 Å². The van der Waals surface area contributed by atoms with Gasteiger partial charge in [0, 0.05) is 0 Å². The van der Waals surface area contributed by atoms with Crippen molar-refractivity contribution >= 4 is 11.8 Å². The van der Waals surface area contributed by atoms with E-state index in [1.165, 1.54) is 4.90 Å². The molecule has 0 spiro atoms. The highest BCUT2D eigenvalue weighted by molar-refractivity contribution is 5.87. The second-order valence-electron chi connectivity index (χ2n) is 5.11. The van der Waals surface area contributed by atoms with E-state index in [1.54, 1.807) is 0 Å². The van der Waals surface area contributed by atoms with Crippen molar-refractivity contribution in [3.8, 4) is 0 Å². The standard InChI is InChI=1S/C11H21N5O2/c1-15-4-6-16(7-5-15)14-10(17)8-9-11(18)13-3-2-12-9/h9,12H,2-8H2,1H3,(H,13,18)(H,14,17)/p+2/t9-/m1/s1. The SMILES string of the molecule is C[NH+]1CCN(NC(=O)C[C@H]2[NH2+]CCNC2=O)CC1. The number of amides is 2. The summed E-state index contributed by atoms with van der Waals surface area (Å²) < 4.78 is 0. The van der Waals surface area contributed by atoms with Gasteiger partial charge in [0.1, 0.15) is 0 Å². The van der Waals surface area contributed by atoms with Crippen molar-refractivity contribution in [2.45, 2.75) is 12.5 Å². The number of quaternary nitrogens is 2. The smallest absolute Gasteiger partial charge is 0.279 e. The summed E-state index contributed by atoms with van der Waals surface area (Å²) in [6, 6.07) is -0.267. The number of carbonyl (C=O) groups excluding carboxylic acids is 2. The zero-order chi connectivity index (χ0) is 13.0. The van der Waals surface area contributed by atoms with Gasteiger partial charge in [-0.1, -0.05) is 0 Å². The topological polar surface area (TPSA) is 82.5 Å². The highest BCUT2D eigenvalue weighted by Crippen LogP contribution is 1.92. The molecule has 0 aliphatic carbocycles. The van der Waals surface area contributed by atoms with Crippen molar-refractivity contribution in [1.82, 2.24) is 15.8 Å². The molecular formula is C11H23N5O2+2. The lowest BCUT2D eigenvalue weighted by Crippen LogP contribution is -3.12. The highest BCUT2D eigenvalue weighted by atomic mass is 16.2. The Morgan fingerprint density at radius 2 is 2.28 bits per heavy atom. The molecule has 0 aromatic heterocycles. The number of hydrogen-bond acceptors (Lipinski definition) is 3. The molecule has 5 N–H and O–H groups in total. The summed E-state index contributed by atoms with van der Waals surface area (Å²) in [6.45, 7) is 5.36. The van der Waals surface area contributed by atoms with Gasteiger partial charge in [-0.2, -0.15) is 0 Å². The van der Waals surface area contributed by atoms with Crippen molar-refractivity contribution < 1.29 is 19.8 Å². The van der Waals surface area contributed by atoms with Gasteiger partial charge in [0.2, 0.25) is 5.91 Å². The Hall–Kier alpha value is -1.18. The first-order valence-electron chi connectivity index (χ1n) is 6.62. The molecule has 0 saturated carbocycles. The summed E-state index contributed by atoms with van der Waals surface area (Å²) in [6.07, 6.45) is 0.255. The van der Waals surface area contributed by atoms with Gasteiger partial charge < -0.3 is 15.5 Å². The normalized spacial score (nSPS) is 26.7. The van der Waals surface area contributed by atoms with Crippen LogP contribution < -0.4 is 21.0 Å². The third-order valence-electron chi connectivity index (χ3n) is 3.54. The monoisotopic (exact) mass is 257 g/mol. The molecule has 0 unspecified atom stereocenters. The number of nitrogens with two attached hydrogens (primary N) is 1. The van der Waals surface area contributed by atoms with Crippen LogP contribution in [0.5, 0.6) is 0 Å². The lowest BCUT2D eigenvalue weighted by atomic mass is 10.1. The van der Waals surface area contributed by atoms with E-state index in [1.807, 2.05) is 10.3 Å². The zero-order valence-corrected chi connectivity index (χ0v) is 10.9. The third kappa shape index (κ3) is 3.66. The van der Waals surface area contributed by atoms with Crippen LogP contribution in [0.1, 0.15) is 6.42 Å². The average molecular weight is 257 g/mol. The minimum Gasteiger partial charge on any atom is -0.345 e. The van der Waals surface area contributed by atoms with Crippen molar-refractivity contribution in [2.75, 3.05) is 46.3 Å². The fraction of sp³-hybridized carbons (Fsp3) is 0.818. The number of hydrogen-bond donors (Lipinski definition) is 4. The van der Waals surface area contributed by atoms with Gasteiger partial charge in [0.15, 0.2) is 6.04 Å². The molecular weight excluding hydrogens is 234 g/mol. The van der Waals surface area contributed by atoms with Crippen LogP contribution in [0, 0.1) is 0 Å². The first-order valence-corrected chi connectivity index (χ1v) is 6.62. The number of nitrogens with zero attached hydrogens (tertiary/aromatic N) is 1. The molecule has 2 fully saturated rings. The lowest BCUT2D eigenvalue weighted by molar-refractivity contribution is -0.884. The van der Waals surface area contributed by atoms with Crippen molar-refractivity contribution in [3.05, 3.63) is 0 Å². The largest absolute Gasteiger partial charge is 0.345 e. The molecule has 0 aromatic rings. The Labute approximate surface area is 107 Å². The van der Waals surface area contributed by atoms with Crippen molar-refractivity contribution in [2.24, 2.45) is 0 Å². The zero-order valence-electron chi connectivity index (χ0n) is 10.9. The van der Waals surface area contributed by atoms with Crippen LogP contribution in [0.2, 0.25) is 0 Å². The minimum absolute atomic E-state index is 0.0285. The third-order valence-corrected chi connectivity index (χ3v) is 3.54.